The van der Waals surface area contributed by atoms with Crippen molar-refractivity contribution in [1.82, 2.24) is 19.7 Å². The maximum Gasteiger partial charge on any atom is 0.237 e. The van der Waals surface area contributed by atoms with Crippen LogP contribution >= 0.6 is 11.8 Å². The number of hydrogen-bond donors (Lipinski definition) is 0. The van der Waals surface area contributed by atoms with Crippen LogP contribution < -0.4 is 0 Å². The van der Waals surface area contributed by atoms with Crippen molar-refractivity contribution in [2.24, 2.45) is 0 Å². The second-order valence-electron chi connectivity index (χ2n) is 7.58. The van der Waals surface area contributed by atoms with Crippen molar-refractivity contribution in [3.8, 4) is 28.3 Å². The first kappa shape index (κ1) is 20.3. The average molecular weight is 439 g/mol. The van der Waals surface area contributed by atoms with Crippen LogP contribution in [-0.2, 0) is 5.75 Å². The van der Waals surface area contributed by atoms with E-state index in [9.17, 15) is 0 Å². The number of aryl methyl sites for hydroxylation is 2. The summed E-state index contributed by atoms with van der Waals surface area (Å²) in [5.41, 5.74) is 6.76. The highest BCUT2D eigenvalue weighted by atomic mass is 32.2. The number of rotatable bonds is 6. The quantitative estimate of drug-likeness (QED) is 0.283. The van der Waals surface area contributed by atoms with Crippen molar-refractivity contribution < 1.29 is 4.52 Å². The van der Waals surface area contributed by atoms with Gasteiger partial charge in [0.2, 0.25) is 11.7 Å². The van der Waals surface area contributed by atoms with Gasteiger partial charge in [0.1, 0.15) is 0 Å². The standard InChI is InChI=1S/C26H22N4OS/c1-18-7-9-21(10-8-18)26-28-24(31-29-26)17-32-25-12-11-23(20-13-15-27-16-14-20)30(25)22-6-4-3-5-19(22)2/h3-16H,17H2,1-2H3. The number of nitrogens with zero attached hydrogens (tertiary/aromatic N) is 4. The van der Waals surface area contributed by atoms with E-state index in [0.29, 0.717) is 17.5 Å². The third-order valence-electron chi connectivity index (χ3n) is 5.30. The number of hydrogen-bond acceptors (Lipinski definition) is 5. The summed E-state index contributed by atoms with van der Waals surface area (Å²) in [6, 6.07) is 24.9. The summed E-state index contributed by atoms with van der Waals surface area (Å²) < 4.78 is 7.82. The van der Waals surface area contributed by atoms with Crippen LogP contribution in [0.2, 0.25) is 0 Å². The monoisotopic (exact) mass is 438 g/mol. The van der Waals surface area contributed by atoms with E-state index in [2.05, 4.69) is 82.1 Å². The Labute approximate surface area is 191 Å². The van der Waals surface area contributed by atoms with Gasteiger partial charge in [-0.3, -0.25) is 4.98 Å². The highest BCUT2D eigenvalue weighted by molar-refractivity contribution is 7.98. The molecule has 0 fully saturated rings. The maximum atomic E-state index is 5.53. The molecule has 5 rings (SSSR count). The van der Waals surface area contributed by atoms with E-state index in [4.69, 9.17) is 4.52 Å². The summed E-state index contributed by atoms with van der Waals surface area (Å²) >= 11 is 1.68. The first-order chi connectivity index (χ1) is 15.7. The summed E-state index contributed by atoms with van der Waals surface area (Å²) in [7, 11) is 0. The van der Waals surface area contributed by atoms with Crippen LogP contribution in [0.25, 0.3) is 28.3 Å². The Bertz CT molecular complexity index is 1340. The van der Waals surface area contributed by atoms with E-state index in [-0.39, 0.29) is 0 Å². The fraction of sp³-hybridized carbons (Fsp3) is 0.115. The van der Waals surface area contributed by atoms with E-state index in [1.54, 1.807) is 11.8 Å². The maximum absolute atomic E-state index is 5.53. The van der Waals surface area contributed by atoms with Gasteiger partial charge in [-0.15, -0.1) is 0 Å². The van der Waals surface area contributed by atoms with Gasteiger partial charge in [-0.05, 0) is 49.7 Å². The topological polar surface area (TPSA) is 56.7 Å². The Balaban J connectivity index is 1.45. The molecule has 0 aliphatic carbocycles. The molecule has 5 aromatic rings. The van der Waals surface area contributed by atoms with Crippen LogP contribution in [0.3, 0.4) is 0 Å². The molecule has 0 unspecified atom stereocenters. The van der Waals surface area contributed by atoms with Crippen molar-refractivity contribution in [3.63, 3.8) is 0 Å². The zero-order chi connectivity index (χ0) is 21.9. The predicted molar refractivity (Wildman–Crippen MR) is 128 cm³/mol. The molecule has 0 atom stereocenters. The van der Waals surface area contributed by atoms with Crippen LogP contribution in [0.4, 0.5) is 0 Å². The zero-order valence-electron chi connectivity index (χ0n) is 17.9. The minimum absolute atomic E-state index is 0.588. The summed E-state index contributed by atoms with van der Waals surface area (Å²) in [5.74, 6) is 1.81. The van der Waals surface area contributed by atoms with E-state index in [1.807, 2.05) is 36.7 Å². The van der Waals surface area contributed by atoms with E-state index < -0.39 is 0 Å². The number of thioether (sulfide) groups is 1. The number of aromatic nitrogens is 4. The van der Waals surface area contributed by atoms with Gasteiger partial charge in [0, 0.05) is 29.2 Å². The number of para-hydroxylation sites is 1. The molecular formula is C26H22N4OS. The molecule has 0 aliphatic heterocycles. The third kappa shape index (κ3) is 4.09. The lowest BCUT2D eigenvalue weighted by Gasteiger charge is -2.15. The molecule has 0 amide bonds. The highest BCUT2D eigenvalue weighted by Gasteiger charge is 2.16. The molecular weight excluding hydrogens is 416 g/mol. The molecule has 2 aromatic carbocycles. The Kier molecular flexibility index (Phi) is 5.60. The molecule has 0 spiro atoms. The Morgan fingerprint density at radius 1 is 0.844 bits per heavy atom. The highest BCUT2D eigenvalue weighted by Crippen LogP contribution is 2.34. The molecule has 0 radical (unpaired) electrons. The van der Waals surface area contributed by atoms with Crippen LogP contribution in [0.5, 0.6) is 0 Å². The molecule has 32 heavy (non-hydrogen) atoms. The SMILES string of the molecule is Cc1ccc(-c2noc(CSc3ccc(-c4ccncc4)n3-c3ccccc3C)n2)cc1. The molecule has 0 saturated carbocycles. The molecule has 3 heterocycles. The molecule has 158 valence electrons. The normalized spacial score (nSPS) is 11.1. The van der Waals surface area contributed by atoms with Gasteiger partial charge in [0.15, 0.2) is 0 Å². The Morgan fingerprint density at radius 3 is 2.41 bits per heavy atom. The van der Waals surface area contributed by atoms with Gasteiger partial charge in [-0.2, -0.15) is 4.98 Å². The van der Waals surface area contributed by atoms with E-state index >= 15 is 0 Å². The van der Waals surface area contributed by atoms with Crippen LogP contribution in [0.15, 0.2) is 94.7 Å². The molecule has 3 aromatic heterocycles. The Morgan fingerprint density at radius 2 is 1.62 bits per heavy atom. The first-order valence-electron chi connectivity index (χ1n) is 10.4. The molecule has 6 heteroatoms. The number of pyridine rings is 1. The van der Waals surface area contributed by atoms with Crippen LogP contribution in [0, 0.1) is 13.8 Å². The minimum atomic E-state index is 0.588. The summed E-state index contributed by atoms with van der Waals surface area (Å²) in [4.78, 5) is 8.76. The predicted octanol–water partition coefficient (Wildman–Crippen LogP) is 6.50. The van der Waals surface area contributed by atoms with Gasteiger partial charge in [0.05, 0.1) is 16.5 Å². The summed E-state index contributed by atoms with van der Waals surface area (Å²) in [6.45, 7) is 4.19. The van der Waals surface area contributed by atoms with Gasteiger partial charge in [0.25, 0.3) is 0 Å². The molecule has 0 aliphatic rings. The van der Waals surface area contributed by atoms with Gasteiger partial charge < -0.3 is 9.09 Å². The molecule has 0 saturated heterocycles. The number of benzene rings is 2. The second kappa shape index (κ2) is 8.85. The lowest BCUT2D eigenvalue weighted by molar-refractivity contribution is 0.391. The van der Waals surface area contributed by atoms with Crippen LogP contribution in [0.1, 0.15) is 17.0 Å². The fourth-order valence-corrected chi connectivity index (χ4v) is 4.49. The lowest BCUT2D eigenvalue weighted by atomic mass is 10.1. The second-order valence-corrected chi connectivity index (χ2v) is 8.58. The zero-order valence-corrected chi connectivity index (χ0v) is 18.7. The molecule has 0 N–H and O–H groups in total. The van der Waals surface area contributed by atoms with Crippen molar-refractivity contribution in [1.29, 1.82) is 0 Å². The van der Waals surface area contributed by atoms with E-state index in [0.717, 1.165) is 27.5 Å². The van der Waals surface area contributed by atoms with Crippen molar-refractivity contribution in [2.45, 2.75) is 24.6 Å². The smallest absolute Gasteiger partial charge is 0.237 e. The van der Waals surface area contributed by atoms with Gasteiger partial charge in [-0.25, -0.2) is 0 Å². The van der Waals surface area contributed by atoms with Crippen LogP contribution in [-0.4, -0.2) is 19.7 Å². The Hall–Kier alpha value is -3.64. The summed E-state index contributed by atoms with van der Waals surface area (Å²) in [5, 5.41) is 5.27. The molecule has 5 nitrogen and oxygen atoms in total. The minimum Gasteiger partial charge on any atom is -0.338 e. The lowest BCUT2D eigenvalue weighted by Crippen LogP contribution is -2.01. The fourth-order valence-electron chi connectivity index (χ4n) is 3.61. The molecule has 0 bridgehead atoms. The first-order valence-corrected chi connectivity index (χ1v) is 11.4. The van der Waals surface area contributed by atoms with Crippen molar-refractivity contribution in [2.75, 3.05) is 0 Å². The van der Waals surface area contributed by atoms with Crippen molar-refractivity contribution >= 4 is 11.8 Å². The average Bonchev–Trinajstić information content (AvgIpc) is 3.46. The van der Waals surface area contributed by atoms with E-state index in [1.165, 1.54) is 11.1 Å². The van der Waals surface area contributed by atoms with Gasteiger partial charge >= 0.3 is 0 Å². The summed E-state index contributed by atoms with van der Waals surface area (Å²) in [6.07, 6.45) is 3.64. The van der Waals surface area contributed by atoms with Gasteiger partial charge in [-0.1, -0.05) is 64.9 Å². The van der Waals surface area contributed by atoms with Crippen molar-refractivity contribution in [3.05, 3.63) is 102 Å². The largest absolute Gasteiger partial charge is 0.338 e. The third-order valence-corrected chi connectivity index (χ3v) is 6.30.